The van der Waals surface area contributed by atoms with E-state index in [4.69, 9.17) is 9.97 Å². The van der Waals surface area contributed by atoms with Crippen LogP contribution in [0.1, 0.15) is 0 Å². The molecule has 5 aromatic carbocycles. The van der Waals surface area contributed by atoms with Crippen molar-refractivity contribution >= 4 is 20.9 Å². The second kappa shape index (κ2) is 12.7. The van der Waals surface area contributed by atoms with Gasteiger partial charge in [0.05, 0.1) is 11.4 Å². The van der Waals surface area contributed by atoms with E-state index in [0.717, 1.165) is 29.3 Å². The molecule has 0 fully saturated rings. The van der Waals surface area contributed by atoms with Crippen LogP contribution >= 0.6 is 0 Å². The minimum Gasteiger partial charge on any atom is -0.377 e. The summed E-state index contributed by atoms with van der Waals surface area (Å²) < 4.78 is 150. The second-order valence-electron chi connectivity index (χ2n) is 11.1. The Hall–Kier alpha value is -5.44. The Balaban J connectivity index is 1.36. The van der Waals surface area contributed by atoms with Crippen LogP contribution in [0, 0.1) is 0 Å². The van der Waals surface area contributed by atoms with E-state index in [1.54, 1.807) is 30.3 Å². The van der Waals surface area contributed by atoms with Gasteiger partial charge in [0.1, 0.15) is 0 Å². The Kier molecular flexibility index (Phi) is 8.82. The summed E-state index contributed by atoms with van der Waals surface area (Å²) in [6, 6.07) is 34.7. The fourth-order valence-electron chi connectivity index (χ4n) is 5.18. The van der Waals surface area contributed by atoms with Crippen molar-refractivity contribution < 1.29 is 52.1 Å². The molecule has 5 nitrogen and oxygen atoms in total. The molecule has 1 aromatic heterocycles. The summed E-state index contributed by atoms with van der Waals surface area (Å²) >= 11 is 0. The maximum atomic E-state index is 14.4. The molecular formula is C36H21F9N2O3S. The van der Waals surface area contributed by atoms with Gasteiger partial charge >= 0.3 is 33.4 Å². The molecule has 0 spiro atoms. The number of halogens is 9. The lowest BCUT2D eigenvalue weighted by atomic mass is 9.97. The molecule has 0 aliphatic rings. The number of rotatable bonds is 9. The predicted octanol–water partition coefficient (Wildman–Crippen LogP) is 10.4. The van der Waals surface area contributed by atoms with Crippen molar-refractivity contribution in [3.05, 3.63) is 127 Å². The fraction of sp³-hybridized carbons (Fsp3) is 0.111. The molecule has 0 N–H and O–H groups in total. The molecule has 262 valence electrons. The van der Waals surface area contributed by atoms with Gasteiger partial charge in [0.2, 0.25) is 0 Å². The second-order valence-corrected chi connectivity index (χ2v) is 12.7. The van der Waals surface area contributed by atoms with Crippen LogP contribution in [0.4, 0.5) is 39.5 Å². The van der Waals surface area contributed by atoms with E-state index in [-0.39, 0.29) is 10.8 Å². The zero-order chi connectivity index (χ0) is 36.8. The first-order valence-electron chi connectivity index (χ1n) is 14.7. The highest BCUT2D eigenvalue weighted by molar-refractivity contribution is 7.88. The average molecular weight is 733 g/mol. The molecule has 0 saturated heterocycles. The van der Waals surface area contributed by atoms with Gasteiger partial charge in [-0.3, -0.25) is 0 Å². The van der Waals surface area contributed by atoms with Gasteiger partial charge in [-0.2, -0.15) is 47.9 Å². The molecule has 6 aromatic rings. The van der Waals surface area contributed by atoms with E-state index < -0.39 is 39.1 Å². The maximum absolute atomic E-state index is 14.4. The maximum Gasteiger partial charge on any atom is 0.460 e. The number of fused-ring (bicyclic) bond motifs is 1. The first kappa shape index (κ1) is 35.4. The van der Waals surface area contributed by atoms with Crippen LogP contribution in [0.3, 0.4) is 0 Å². The molecule has 0 aliphatic carbocycles. The van der Waals surface area contributed by atoms with Crippen molar-refractivity contribution in [2.45, 2.75) is 23.3 Å². The lowest BCUT2D eigenvalue weighted by Gasteiger charge is -2.32. The lowest BCUT2D eigenvalue weighted by molar-refractivity contribution is -0.382. The van der Waals surface area contributed by atoms with Crippen molar-refractivity contribution in [3.63, 3.8) is 0 Å². The third-order valence-electron chi connectivity index (χ3n) is 7.83. The summed E-state index contributed by atoms with van der Waals surface area (Å²) in [5, 5.41) is -7.12. The van der Waals surface area contributed by atoms with Gasteiger partial charge in [0, 0.05) is 22.1 Å². The van der Waals surface area contributed by atoms with E-state index in [2.05, 4.69) is 4.18 Å². The normalized spacial score (nSPS) is 13.0. The molecular weight excluding hydrogens is 711 g/mol. The van der Waals surface area contributed by atoms with E-state index in [1.165, 1.54) is 12.1 Å². The molecule has 0 amide bonds. The first-order chi connectivity index (χ1) is 23.9. The standard InChI is InChI=1S/C36H21F9N2O3S/c37-33(38,35(41,42)43)34(39,40)36(44,45)51(48,49)50-31-16-8-14-27-26(13-7-15-28(27)31)22-17-19-25(20-18-22)32-46-29(23-9-3-1-4-10-23)21-30(47-32)24-11-5-2-6-12-24/h1-21H. The summed E-state index contributed by atoms with van der Waals surface area (Å²) in [5.74, 6) is -15.5. The van der Waals surface area contributed by atoms with Crippen molar-refractivity contribution in [2.24, 2.45) is 0 Å². The third-order valence-corrected chi connectivity index (χ3v) is 9.11. The predicted molar refractivity (Wildman–Crippen MR) is 172 cm³/mol. The van der Waals surface area contributed by atoms with Crippen LogP contribution in [-0.2, 0) is 10.1 Å². The smallest absolute Gasteiger partial charge is 0.377 e. The summed E-state index contributed by atoms with van der Waals surface area (Å²) in [4.78, 5) is 9.51. The van der Waals surface area contributed by atoms with Crippen molar-refractivity contribution in [1.29, 1.82) is 0 Å². The van der Waals surface area contributed by atoms with Gasteiger partial charge in [-0.15, -0.1) is 0 Å². The minimum atomic E-state index is -7.43. The Morgan fingerprint density at radius 1 is 0.490 bits per heavy atom. The van der Waals surface area contributed by atoms with Crippen LogP contribution < -0.4 is 4.18 Å². The highest BCUT2D eigenvalue weighted by atomic mass is 32.2. The van der Waals surface area contributed by atoms with Crippen LogP contribution in [-0.4, -0.2) is 41.7 Å². The van der Waals surface area contributed by atoms with Gasteiger partial charge in [0.15, 0.2) is 11.6 Å². The van der Waals surface area contributed by atoms with Gasteiger partial charge < -0.3 is 4.18 Å². The molecule has 51 heavy (non-hydrogen) atoms. The molecule has 0 radical (unpaired) electrons. The molecule has 0 unspecified atom stereocenters. The lowest BCUT2D eigenvalue weighted by Crippen LogP contribution is -2.63. The first-order valence-corrected chi connectivity index (χ1v) is 16.1. The summed E-state index contributed by atoms with van der Waals surface area (Å²) in [6.45, 7) is 0. The Bertz CT molecular complexity index is 2260. The van der Waals surface area contributed by atoms with Gasteiger partial charge in [-0.05, 0) is 28.6 Å². The largest absolute Gasteiger partial charge is 0.460 e. The minimum absolute atomic E-state index is 0.141. The Morgan fingerprint density at radius 2 is 0.980 bits per heavy atom. The Morgan fingerprint density at radius 3 is 1.51 bits per heavy atom. The van der Waals surface area contributed by atoms with Crippen LogP contribution in [0.2, 0.25) is 0 Å². The highest BCUT2D eigenvalue weighted by Gasteiger charge is 2.86. The fourth-order valence-corrected chi connectivity index (χ4v) is 6.11. The molecule has 15 heteroatoms. The zero-order valence-corrected chi connectivity index (χ0v) is 26.4. The SMILES string of the molecule is O=S(=O)(Oc1cccc2c(-c3ccc(-c4nc(-c5ccccc5)cc(-c5ccccc5)n4)cc3)cccc12)C(F)(F)C(F)(F)C(F)(F)C(F)(F)F. The topological polar surface area (TPSA) is 69.2 Å². The van der Waals surface area contributed by atoms with Crippen molar-refractivity contribution in [2.75, 3.05) is 0 Å². The monoisotopic (exact) mass is 732 g/mol. The number of nitrogens with zero attached hydrogens (tertiary/aromatic N) is 2. The highest BCUT2D eigenvalue weighted by Crippen LogP contribution is 2.55. The number of alkyl halides is 9. The molecule has 0 saturated carbocycles. The molecule has 0 atom stereocenters. The quantitative estimate of drug-likeness (QED) is 0.109. The van der Waals surface area contributed by atoms with E-state index >= 15 is 0 Å². The number of benzene rings is 5. The molecule has 0 aliphatic heterocycles. The average Bonchev–Trinajstić information content (AvgIpc) is 3.11. The van der Waals surface area contributed by atoms with Gasteiger partial charge in [-0.1, -0.05) is 115 Å². The summed E-state index contributed by atoms with van der Waals surface area (Å²) in [7, 11) is -7.14. The third kappa shape index (κ3) is 6.26. The van der Waals surface area contributed by atoms with Crippen LogP contribution in [0.5, 0.6) is 5.75 Å². The molecule has 0 bridgehead atoms. The molecule has 1 heterocycles. The van der Waals surface area contributed by atoms with E-state index in [9.17, 15) is 47.9 Å². The number of hydrogen-bond acceptors (Lipinski definition) is 5. The number of aromatic nitrogens is 2. The van der Waals surface area contributed by atoms with Gasteiger partial charge in [-0.25, -0.2) is 9.97 Å². The Labute approximate surface area is 284 Å². The van der Waals surface area contributed by atoms with Crippen LogP contribution in [0.15, 0.2) is 127 Å². The zero-order valence-electron chi connectivity index (χ0n) is 25.6. The number of hydrogen-bond donors (Lipinski definition) is 0. The summed E-state index contributed by atoms with van der Waals surface area (Å²) in [6.07, 6.45) is -7.21. The van der Waals surface area contributed by atoms with E-state index in [0.29, 0.717) is 33.9 Å². The van der Waals surface area contributed by atoms with Crippen molar-refractivity contribution in [1.82, 2.24) is 9.97 Å². The van der Waals surface area contributed by atoms with Crippen molar-refractivity contribution in [3.8, 4) is 50.8 Å². The summed E-state index contributed by atoms with van der Waals surface area (Å²) in [5.41, 5.74) is 4.47. The van der Waals surface area contributed by atoms with Gasteiger partial charge in [0.25, 0.3) is 0 Å². The van der Waals surface area contributed by atoms with Crippen LogP contribution in [0.25, 0.3) is 55.8 Å². The molecule has 6 rings (SSSR count). The van der Waals surface area contributed by atoms with E-state index in [1.807, 2.05) is 66.7 Å².